The molecule has 0 spiro atoms. The molecule has 1 aliphatic rings. The number of piperidine rings is 1. The van der Waals surface area contributed by atoms with E-state index in [4.69, 9.17) is 0 Å². The van der Waals surface area contributed by atoms with Gasteiger partial charge >= 0.3 is 0 Å². The normalized spacial score (nSPS) is 21.1. The van der Waals surface area contributed by atoms with Crippen LogP contribution in [0.15, 0.2) is 16.6 Å². The van der Waals surface area contributed by atoms with E-state index < -0.39 is 0 Å². The largest absolute Gasteiger partial charge is 0.314 e. The summed E-state index contributed by atoms with van der Waals surface area (Å²) < 4.78 is 1.25. The molecule has 0 saturated carbocycles. The van der Waals surface area contributed by atoms with Crippen molar-refractivity contribution in [2.75, 3.05) is 6.54 Å². The van der Waals surface area contributed by atoms with Crippen LogP contribution in [0.25, 0.3) is 0 Å². The molecule has 0 bridgehead atoms. The lowest BCUT2D eigenvalue weighted by Crippen LogP contribution is -2.35. The van der Waals surface area contributed by atoms with E-state index in [9.17, 15) is 0 Å². The van der Waals surface area contributed by atoms with Crippen LogP contribution in [0.2, 0.25) is 0 Å². The third-order valence-corrected chi connectivity index (χ3v) is 4.38. The number of hydrogen-bond donors (Lipinski definition) is 1. The Morgan fingerprint density at radius 1 is 1.31 bits per heavy atom. The minimum absolute atomic E-state index is 0.683. The molecule has 16 heavy (non-hydrogen) atoms. The molecule has 88 valence electrons. The van der Waals surface area contributed by atoms with Gasteiger partial charge in [-0.15, -0.1) is 0 Å². The van der Waals surface area contributed by atoms with Crippen molar-refractivity contribution in [2.24, 2.45) is 0 Å². The van der Waals surface area contributed by atoms with Gasteiger partial charge in [-0.3, -0.25) is 0 Å². The summed E-state index contributed by atoms with van der Waals surface area (Å²) in [5, 5.41) is 3.61. The van der Waals surface area contributed by atoms with Gasteiger partial charge in [0.25, 0.3) is 0 Å². The Hall–Kier alpha value is -0.340. The third kappa shape index (κ3) is 2.86. The van der Waals surface area contributed by atoms with Crippen molar-refractivity contribution in [3.63, 3.8) is 0 Å². The number of nitrogens with one attached hydrogen (secondary N) is 1. The topological polar surface area (TPSA) is 12.0 Å². The van der Waals surface area contributed by atoms with Crippen LogP contribution in [-0.2, 0) is 6.42 Å². The third-order valence-electron chi connectivity index (χ3n) is 3.56. The highest BCUT2D eigenvalue weighted by Gasteiger charge is 2.13. The van der Waals surface area contributed by atoms with Crippen LogP contribution in [0.1, 0.15) is 36.0 Å². The molecule has 1 aliphatic heterocycles. The second-order valence-electron chi connectivity index (χ2n) is 4.87. The summed E-state index contributed by atoms with van der Waals surface area (Å²) in [6.45, 7) is 5.55. The van der Waals surface area contributed by atoms with E-state index >= 15 is 0 Å². The van der Waals surface area contributed by atoms with Crippen LogP contribution in [0.4, 0.5) is 0 Å². The Morgan fingerprint density at radius 2 is 2.12 bits per heavy atom. The van der Waals surface area contributed by atoms with Crippen LogP contribution in [0.5, 0.6) is 0 Å². The molecule has 2 heteroatoms. The number of benzene rings is 1. The molecule has 1 N–H and O–H groups in total. The first-order valence-corrected chi connectivity index (χ1v) is 6.95. The smallest absolute Gasteiger partial charge is 0.0209 e. The fraction of sp³-hybridized carbons (Fsp3) is 0.571. The molecule has 2 rings (SSSR count). The highest BCUT2D eigenvalue weighted by atomic mass is 79.9. The van der Waals surface area contributed by atoms with Gasteiger partial charge in [0.1, 0.15) is 0 Å². The average molecular weight is 282 g/mol. The standard InChI is InChI=1S/C14H20BrN/c1-10-7-12(9-14(15)11(10)2)8-13-5-3-4-6-16-13/h7,9,13,16H,3-6,8H2,1-2H3. The maximum atomic E-state index is 3.64. The fourth-order valence-corrected chi connectivity index (χ4v) is 2.99. The molecule has 0 aliphatic carbocycles. The van der Waals surface area contributed by atoms with Gasteiger partial charge in [0, 0.05) is 10.5 Å². The van der Waals surface area contributed by atoms with Crippen molar-refractivity contribution in [3.8, 4) is 0 Å². The second-order valence-corrected chi connectivity index (χ2v) is 5.72. The van der Waals surface area contributed by atoms with Gasteiger partial charge in [-0.2, -0.15) is 0 Å². The summed E-state index contributed by atoms with van der Waals surface area (Å²) in [6, 6.07) is 5.29. The van der Waals surface area contributed by atoms with E-state index in [0.29, 0.717) is 6.04 Å². The first-order chi connectivity index (χ1) is 7.66. The SMILES string of the molecule is Cc1cc(CC2CCCCN2)cc(Br)c1C. The van der Waals surface area contributed by atoms with Crippen molar-refractivity contribution in [2.45, 2.75) is 45.6 Å². The zero-order chi connectivity index (χ0) is 11.5. The van der Waals surface area contributed by atoms with Gasteiger partial charge in [-0.05, 0) is 62.4 Å². The van der Waals surface area contributed by atoms with Crippen LogP contribution in [-0.4, -0.2) is 12.6 Å². The Kier molecular flexibility index (Phi) is 4.04. The van der Waals surface area contributed by atoms with E-state index in [-0.39, 0.29) is 0 Å². The summed E-state index contributed by atoms with van der Waals surface area (Å²) in [7, 11) is 0. The lowest BCUT2D eigenvalue weighted by Gasteiger charge is -2.23. The predicted octanol–water partition coefficient (Wildman–Crippen LogP) is 3.75. The van der Waals surface area contributed by atoms with Crippen molar-refractivity contribution in [1.29, 1.82) is 0 Å². The number of hydrogen-bond acceptors (Lipinski definition) is 1. The minimum atomic E-state index is 0.683. The number of halogens is 1. The van der Waals surface area contributed by atoms with Gasteiger partial charge < -0.3 is 5.32 Å². The molecule has 1 nitrogen and oxygen atoms in total. The molecule has 0 aromatic heterocycles. The molecule has 0 amide bonds. The van der Waals surface area contributed by atoms with E-state index in [1.807, 2.05) is 0 Å². The zero-order valence-electron chi connectivity index (χ0n) is 10.1. The van der Waals surface area contributed by atoms with Gasteiger partial charge in [0.2, 0.25) is 0 Å². The molecular weight excluding hydrogens is 262 g/mol. The molecule has 1 fully saturated rings. The summed E-state index contributed by atoms with van der Waals surface area (Å²) in [5.74, 6) is 0. The summed E-state index contributed by atoms with van der Waals surface area (Å²) in [6.07, 6.45) is 5.21. The molecule has 1 saturated heterocycles. The second kappa shape index (κ2) is 5.33. The van der Waals surface area contributed by atoms with E-state index in [0.717, 1.165) is 0 Å². The summed E-state index contributed by atoms with van der Waals surface area (Å²) in [5.41, 5.74) is 4.20. The van der Waals surface area contributed by atoms with E-state index in [1.165, 1.54) is 53.4 Å². The van der Waals surface area contributed by atoms with Crippen molar-refractivity contribution in [3.05, 3.63) is 33.3 Å². The Balaban J connectivity index is 2.09. The Morgan fingerprint density at radius 3 is 2.75 bits per heavy atom. The average Bonchev–Trinajstić information content (AvgIpc) is 2.27. The monoisotopic (exact) mass is 281 g/mol. The predicted molar refractivity (Wildman–Crippen MR) is 73.0 cm³/mol. The number of aryl methyl sites for hydroxylation is 1. The highest BCUT2D eigenvalue weighted by molar-refractivity contribution is 9.10. The van der Waals surface area contributed by atoms with Crippen molar-refractivity contribution >= 4 is 15.9 Å². The maximum absolute atomic E-state index is 3.64. The van der Waals surface area contributed by atoms with Gasteiger partial charge in [0.05, 0.1) is 0 Å². The summed E-state index contributed by atoms with van der Waals surface area (Å²) in [4.78, 5) is 0. The molecular formula is C14H20BrN. The fourth-order valence-electron chi connectivity index (χ4n) is 2.39. The zero-order valence-corrected chi connectivity index (χ0v) is 11.7. The van der Waals surface area contributed by atoms with Crippen molar-refractivity contribution in [1.82, 2.24) is 5.32 Å². The molecule has 1 aromatic carbocycles. The first-order valence-electron chi connectivity index (χ1n) is 6.16. The van der Waals surface area contributed by atoms with Crippen LogP contribution >= 0.6 is 15.9 Å². The van der Waals surface area contributed by atoms with E-state index in [2.05, 4.69) is 47.2 Å². The van der Waals surface area contributed by atoms with Gasteiger partial charge in [0.15, 0.2) is 0 Å². The minimum Gasteiger partial charge on any atom is -0.314 e. The number of rotatable bonds is 2. The summed E-state index contributed by atoms with van der Waals surface area (Å²) >= 11 is 3.64. The molecule has 1 atom stereocenters. The molecule has 1 aromatic rings. The Labute approximate surface area is 107 Å². The lowest BCUT2D eigenvalue weighted by molar-refractivity contribution is 0.399. The molecule has 1 unspecified atom stereocenters. The van der Waals surface area contributed by atoms with Crippen molar-refractivity contribution < 1.29 is 0 Å². The molecule has 0 radical (unpaired) electrons. The Bertz CT molecular complexity index is 344. The first kappa shape index (κ1) is 12.1. The molecule has 1 heterocycles. The highest BCUT2D eigenvalue weighted by Crippen LogP contribution is 2.23. The van der Waals surface area contributed by atoms with Gasteiger partial charge in [-0.1, -0.05) is 28.4 Å². The van der Waals surface area contributed by atoms with Crippen LogP contribution in [0, 0.1) is 13.8 Å². The van der Waals surface area contributed by atoms with Gasteiger partial charge in [-0.25, -0.2) is 0 Å². The van der Waals surface area contributed by atoms with Crippen LogP contribution in [0.3, 0.4) is 0 Å². The van der Waals surface area contributed by atoms with Crippen LogP contribution < -0.4 is 5.32 Å². The quantitative estimate of drug-likeness (QED) is 0.871. The van der Waals surface area contributed by atoms with E-state index in [1.54, 1.807) is 0 Å². The maximum Gasteiger partial charge on any atom is 0.0209 e. The lowest BCUT2D eigenvalue weighted by atomic mass is 9.96.